The van der Waals surface area contributed by atoms with Gasteiger partial charge in [0.05, 0.1) is 7.11 Å². The number of aromatic hydroxyl groups is 1. The minimum Gasteiger partial charge on any atom is -0.506 e. The lowest BCUT2D eigenvalue weighted by atomic mass is 10.1. The fourth-order valence-corrected chi connectivity index (χ4v) is 2.40. The molecule has 0 spiro atoms. The van der Waals surface area contributed by atoms with Crippen molar-refractivity contribution in [1.82, 2.24) is 0 Å². The summed E-state index contributed by atoms with van der Waals surface area (Å²) >= 11 is 0.744. The number of carboxylic acids is 1. The normalized spacial score (nSPS) is 10.2. The van der Waals surface area contributed by atoms with E-state index in [1.807, 2.05) is 0 Å². The van der Waals surface area contributed by atoms with E-state index in [1.54, 1.807) is 18.2 Å². The van der Waals surface area contributed by atoms with Crippen molar-refractivity contribution in [1.29, 1.82) is 0 Å². The largest absolute Gasteiger partial charge is 0.506 e. The lowest BCUT2D eigenvalue weighted by Gasteiger charge is -2.02. The molecule has 5 nitrogen and oxygen atoms in total. The Hall–Kier alpha value is -2.34. The number of ketones is 1. The van der Waals surface area contributed by atoms with Crippen LogP contribution in [0.2, 0.25) is 0 Å². The van der Waals surface area contributed by atoms with Gasteiger partial charge in [0.2, 0.25) is 5.78 Å². The Balaban J connectivity index is 2.40. The number of carboxylic acid groups (broad SMARTS) is 1. The Bertz CT molecular complexity index is 644. The topological polar surface area (TPSA) is 83.8 Å². The third-order valence-corrected chi connectivity index (χ3v) is 3.57. The molecule has 0 unspecified atom stereocenters. The maximum atomic E-state index is 12.2. The lowest BCUT2D eigenvalue weighted by Crippen LogP contribution is -1.99. The molecule has 0 aliphatic carbocycles. The number of carbonyl (C=O) groups excluding carboxylic acids is 1. The molecule has 2 rings (SSSR count). The Morgan fingerprint density at radius 3 is 2.58 bits per heavy atom. The van der Waals surface area contributed by atoms with Crippen molar-refractivity contribution in [2.75, 3.05) is 7.11 Å². The molecule has 0 bridgehead atoms. The van der Waals surface area contributed by atoms with Gasteiger partial charge in [0.15, 0.2) is 0 Å². The Morgan fingerprint density at radius 1 is 1.26 bits per heavy atom. The first kappa shape index (κ1) is 13.1. The van der Waals surface area contributed by atoms with E-state index in [2.05, 4.69) is 0 Å². The first-order valence-electron chi connectivity index (χ1n) is 5.27. The van der Waals surface area contributed by atoms with E-state index >= 15 is 0 Å². The molecule has 1 aromatic heterocycles. The molecule has 0 aliphatic rings. The van der Waals surface area contributed by atoms with Crippen molar-refractivity contribution in [2.45, 2.75) is 0 Å². The number of carbonyl (C=O) groups is 2. The highest BCUT2D eigenvalue weighted by molar-refractivity contribution is 7.16. The number of thiophene rings is 1. The third kappa shape index (κ3) is 2.58. The van der Waals surface area contributed by atoms with Gasteiger partial charge < -0.3 is 14.9 Å². The SMILES string of the molecule is COc1cccc(C(=O)c2sc(C(=O)O)cc2O)c1. The van der Waals surface area contributed by atoms with Crippen molar-refractivity contribution in [3.8, 4) is 11.5 Å². The Labute approximate surface area is 112 Å². The highest BCUT2D eigenvalue weighted by atomic mass is 32.1. The number of ether oxygens (including phenoxy) is 1. The Morgan fingerprint density at radius 2 is 2.00 bits per heavy atom. The maximum absolute atomic E-state index is 12.2. The van der Waals surface area contributed by atoms with Crippen LogP contribution in [0.3, 0.4) is 0 Å². The van der Waals surface area contributed by atoms with Crippen molar-refractivity contribution in [2.24, 2.45) is 0 Å². The monoisotopic (exact) mass is 278 g/mol. The van der Waals surface area contributed by atoms with Crippen molar-refractivity contribution < 1.29 is 24.5 Å². The molecule has 0 saturated carbocycles. The summed E-state index contributed by atoms with van der Waals surface area (Å²) in [5, 5.41) is 18.5. The molecule has 0 fully saturated rings. The molecule has 6 heteroatoms. The second kappa shape index (κ2) is 5.11. The summed E-state index contributed by atoms with van der Waals surface area (Å²) in [5.74, 6) is -1.42. The summed E-state index contributed by atoms with van der Waals surface area (Å²) in [5.41, 5.74) is 0.327. The average molecular weight is 278 g/mol. The van der Waals surface area contributed by atoms with Crippen LogP contribution in [0.15, 0.2) is 30.3 Å². The molecule has 0 aliphatic heterocycles. The van der Waals surface area contributed by atoms with E-state index in [1.165, 1.54) is 13.2 Å². The minimum atomic E-state index is -1.18. The molecule has 0 amide bonds. The summed E-state index contributed by atoms with van der Waals surface area (Å²) in [4.78, 5) is 22.9. The quantitative estimate of drug-likeness (QED) is 0.839. The summed E-state index contributed by atoms with van der Waals surface area (Å²) in [7, 11) is 1.48. The predicted octanol–water partition coefficient (Wildman–Crippen LogP) is 2.39. The molecule has 2 N–H and O–H groups in total. The van der Waals surface area contributed by atoms with Crippen LogP contribution in [-0.4, -0.2) is 29.1 Å². The molecule has 2 aromatic rings. The van der Waals surface area contributed by atoms with Crippen molar-refractivity contribution in [3.05, 3.63) is 45.6 Å². The number of aromatic carboxylic acids is 1. The maximum Gasteiger partial charge on any atom is 0.346 e. The fraction of sp³-hybridized carbons (Fsp3) is 0.0769. The summed E-state index contributed by atoms with van der Waals surface area (Å²) in [6.45, 7) is 0. The van der Waals surface area contributed by atoms with E-state index in [4.69, 9.17) is 9.84 Å². The van der Waals surface area contributed by atoms with Crippen LogP contribution in [0.5, 0.6) is 11.5 Å². The highest BCUT2D eigenvalue weighted by Gasteiger charge is 2.20. The molecule has 0 saturated heterocycles. The van der Waals surface area contributed by atoms with Crippen LogP contribution in [0.25, 0.3) is 0 Å². The standard InChI is InChI=1S/C13H10O5S/c1-18-8-4-2-3-7(5-8)11(15)12-9(14)6-10(19-12)13(16)17/h2-6,14H,1H3,(H,16,17). The van der Waals surface area contributed by atoms with Crippen LogP contribution < -0.4 is 4.74 Å². The van der Waals surface area contributed by atoms with Gasteiger partial charge in [-0.15, -0.1) is 11.3 Å². The fourth-order valence-electron chi connectivity index (χ4n) is 1.54. The van der Waals surface area contributed by atoms with Crippen LogP contribution in [0, 0.1) is 0 Å². The van der Waals surface area contributed by atoms with Crippen molar-refractivity contribution in [3.63, 3.8) is 0 Å². The zero-order valence-corrected chi connectivity index (χ0v) is 10.7. The molecule has 1 aromatic carbocycles. The molecular formula is C13H10O5S. The molecule has 19 heavy (non-hydrogen) atoms. The molecule has 1 heterocycles. The first-order valence-corrected chi connectivity index (χ1v) is 6.09. The van der Waals surface area contributed by atoms with Gasteiger partial charge in [-0.3, -0.25) is 4.79 Å². The number of hydrogen-bond donors (Lipinski definition) is 2. The van der Waals surface area contributed by atoms with Crippen LogP contribution >= 0.6 is 11.3 Å². The molecule has 0 radical (unpaired) electrons. The van der Waals surface area contributed by atoms with E-state index in [0.29, 0.717) is 11.3 Å². The minimum absolute atomic E-state index is 0.00523. The molecule has 0 atom stereocenters. The summed E-state index contributed by atoms with van der Waals surface area (Å²) in [6.07, 6.45) is 0. The number of rotatable bonds is 4. The van der Waals surface area contributed by atoms with E-state index < -0.39 is 11.8 Å². The van der Waals surface area contributed by atoms with Gasteiger partial charge in [0, 0.05) is 11.6 Å². The van der Waals surface area contributed by atoms with Crippen LogP contribution in [-0.2, 0) is 0 Å². The van der Waals surface area contributed by atoms with E-state index in [-0.39, 0.29) is 15.5 Å². The molecule has 98 valence electrons. The second-order valence-electron chi connectivity index (χ2n) is 3.69. The lowest BCUT2D eigenvalue weighted by molar-refractivity contribution is 0.0701. The number of benzene rings is 1. The number of methoxy groups -OCH3 is 1. The smallest absolute Gasteiger partial charge is 0.346 e. The van der Waals surface area contributed by atoms with E-state index in [0.717, 1.165) is 17.4 Å². The average Bonchev–Trinajstić information content (AvgIpc) is 2.80. The van der Waals surface area contributed by atoms with E-state index in [9.17, 15) is 14.7 Å². The van der Waals surface area contributed by atoms with Crippen molar-refractivity contribution >= 4 is 23.1 Å². The zero-order chi connectivity index (χ0) is 14.0. The van der Waals surface area contributed by atoms with Crippen LogP contribution in [0.1, 0.15) is 24.9 Å². The van der Waals surface area contributed by atoms with Gasteiger partial charge in [-0.1, -0.05) is 12.1 Å². The van der Waals surface area contributed by atoms with Gasteiger partial charge >= 0.3 is 5.97 Å². The van der Waals surface area contributed by atoms with Gasteiger partial charge in [0.25, 0.3) is 0 Å². The first-order chi connectivity index (χ1) is 9.02. The van der Waals surface area contributed by atoms with Crippen LogP contribution in [0.4, 0.5) is 0 Å². The number of hydrogen-bond acceptors (Lipinski definition) is 5. The van der Waals surface area contributed by atoms with Gasteiger partial charge in [-0.25, -0.2) is 4.79 Å². The van der Waals surface area contributed by atoms with Gasteiger partial charge in [0.1, 0.15) is 21.3 Å². The third-order valence-electron chi connectivity index (χ3n) is 2.46. The summed E-state index contributed by atoms with van der Waals surface area (Å²) in [6, 6.07) is 7.51. The van der Waals surface area contributed by atoms with Gasteiger partial charge in [-0.05, 0) is 12.1 Å². The summed E-state index contributed by atoms with van der Waals surface area (Å²) < 4.78 is 5.01. The second-order valence-corrected chi connectivity index (χ2v) is 4.74. The molecular weight excluding hydrogens is 268 g/mol. The predicted molar refractivity (Wildman–Crippen MR) is 69.4 cm³/mol. The Kier molecular flexibility index (Phi) is 3.52. The zero-order valence-electron chi connectivity index (χ0n) is 9.91. The van der Waals surface area contributed by atoms with Gasteiger partial charge in [-0.2, -0.15) is 0 Å². The highest BCUT2D eigenvalue weighted by Crippen LogP contribution is 2.31.